The molecule has 1 saturated heterocycles. The zero-order valence-electron chi connectivity index (χ0n) is 13.3. The third-order valence-corrected chi connectivity index (χ3v) is 6.96. The zero-order valence-corrected chi connectivity index (χ0v) is 13.3. The molecule has 0 aromatic carbocycles. The van der Waals surface area contributed by atoms with Crippen molar-refractivity contribution in [3.63, 3.8) is 0 Å². The predicted octanol–water partition coefficient (Wildman–Crippen LogP) is 3.71. The summed E-state index contributed by atoms with van der Waals surface area (Å²) in [5, 5.41) is 4.02. The van der Waals surface area contributed by atoms with E-state index in [1.54, 1.807) is 0 Å². The van der Waals surface area contributed by atoms with E-state index in [1.807, 2.05) is 0 Å². The summed E-state index contributed by atoms with van der Waals surface area (Å²) in [4.78, 5) is 3.04. The summed E-state index contributed by atoms with van der Waals surface area (Å²) < 4.78 is 0. The van der Waals surface area contributed by atoms with Crippen molar-refractivity contribution in [3.8, 4) is 0 Å². The van der Waals surface area contributed by atoms with Crippen LogP contribution in [0.15, 0.2) is 0 Å². The highest BCUT2D eigenvalue weighted by molar-refractivity contribution is 5.11. The Morgan fingerprint density at radius 2 is 1.60 bits per heavy atom. The molecule has 1 aliphatic heterocycles. The fourth-order valence-electron chi connectivity index (χ4n) is 5.45. The van der Waals surface area contributed by atoms with E-state index in [4.69, 9.17) is 0 Å². The lowest BCUT2D eigenvalue weighted by Crippen LogP contribution is -2.71. The van der Waals surface area contributed by atoms with Gasteiger partial charge in [-0.15, -0.1) is 0 Å². The highest BCUT2D eigenvalue weighted by atomic mass is 15.3. The monoisotopic (exact) mass is 276 g/mol. The largest absolute Gasteiger partial charge is 0.308 e. The number of hydrogen-bond acceptors (Lipinski definition) is 2. The minimum atomic E-state index is 0.422. The topological polar surface area (TPSA) is 15.3 Å². The number of nitrogens with one attached hydrogen (secondary N) is 1. The van der Waals surface area contributed by atoms with Crippen LogP contribution in [0.25, 0.3) is 0 Å². The van der Waals surface area contributed by atoms with Gasteiger partial charge in [0.1, 0.15) is 0 Å². The van der Waals surface area contributed by atoms with E-state index in [0.717, 1.165) is 12.0 Å². The summed E-state index contributed by atoms with van der Waals surface area (Å²) in [6.07, 6.45) is 16.2. The molecule has 0 amide bonds. The summed E-state index contributed by atoms with van der Waals surface area (Å²) >= 11 is 0. The van der Waals surface area contributed by atoms with Crippen molar-refractivity contribution >= 4 is 0 Å². The fourth-order valence-corrected chi connectivity index (χ4v) is 5.45. The van der Waals surface area contributed by atoms with Crippen LogP contribution in [-0.2, 0) is 0 Å². The highest BCUT2D eigenvalue weighted by Crippen LogP contribution is 2.47. The van der Waals surface area contributed by atoms with Gasteiger partial charge >= 0.3 is 0 Å². The molecule has 4 fully saturated rings. The van der Waals surface area contributed by atoms with Crippen LogP contribution >= 0.6 is 0 Å². The number of piperazine rings is 1. The molecule has 1 spiro atoms. The third-order valence-electron chi connectivity index (χ3n) is 6.96. The van der Waals surface area contributed by atoms with Crippen molar-refractivity contribution in [2.24, 2.45) is 5.92 Å². The van der Waals surface area contributed by atoms with Gasteiger partial charge in [0.25, 0.3) is 0 Å². The lowest BCUT2D eigenvalue weighted by molar-refractivity contribution is -0.0361. The van der Waals surface area contributed by atoms with Crippen LogP contribution in [0.1, 0.15) is 77.6 Å². The van der Waals surface area contributed by atoms with Crippen LogP contribution in [0.2, 0.25) is 0 Å². The minimum Gasteiger partial charge on any atom is -0.308 e. The van der Waals surface area contributed by atoms with Gasteiger partial charge in [-0.3, -0.25) is 4.90 Å². The molecule has 1 N–H and O–H groups in total. The number of rotatable bonds is 2. The quantitative estimate of drug-likeness (QED) is 0.827. The molecule has 3 saturated carbocycles. The van der Waals surface area contributed by atoms with Crippen molar-refractivity contribution in [2.75, 3.05) is 13.1 Å². The van der Waals surface area contributed by atoms with E-state index in [-0.39, 0.29) is 0 Å². The Bertz CT molecular complexity index is 350. The average Bonchev–Trinajstić information content (AvgIpc) is 3.25. The van der Waals surface area contributed by atoms with Gasteiger partial charge < -0.3 is 5.32 Å². The second kappa shape index (κ2) is 4.98. The van der Waals surface area contributed by atoms with E-state index in [9.17, 15) is 0 Å². The Morgan fingerprint density at radius 3 is 2.25 bits per heavy atom. The molecule has 4 rings (SSSR count). The fraction of sp³-hybridized carbons (Fsp3) is 1.00. The van der Waals surface area contributed by atoms with E-state index >= 15 is 0 Å². The van der Waals surface area contributed by atoms with Crippen molar-refractivity contribution in [2.45, 2.75) is 94.7 Å². The first kappa shape index (κ1) is 13.6. The Hall–Kier alpha value is -0.0800. The lowest BCUT2D eigenvalue weighted by Gasteiger charge is -2.56. The van der Waals surface area contributed by atoms with E-state index in [0.29, 0.717) is 11.1 Å². The van der Waals surface area contributed by atoms with Gasteiger partial charge in [0.2, 0.25) is 0 Å². The van der Waals surface area contributed by atoms with Crippen molar-refractivity contribution < 1.29 is 0 Å². The smallest absolute Gasteiger partial charge is 0.0337 e. The van der Waals surface area contributed by atoms with Gasteiger partial charge in [0.15, 0.2) is 0 Å². The molecule has 0 aromatic heterocycles. The van der Waals surface area contributed by atoms with E-state index < -0.39 is 0 Å². The predicted molar refractivity (Wildman–Crippen MR) is 83.9 cm³/mol. The maximum atomic E-state index is 4.02. The average molecular weight is 276 g/mol. The normalized spacial score (nSPS) is 39.5. The van der Waals surface area contributed by atoms with Crippen LogP contribution in [0, 0.1) is 5.92 Å². The first-order chi connectivity index (χ1) is 9.72. The summed E-state index contributed by atoms with van der Waals surface area (Å²) in [5.41, 5.74) is 0.960. The molecule has 1 heterocycles. The maximum absolute atomic E-state index is 4.02. The molecule has 2 heteroatoms. The van der Waals surface area contributed by atoms with Gasteiger partial charge in [-0.05, 0) is 51.4 Å². The van der Waals surface area contributed by atoms with Crippen molar-refractivity contribution in [3.05, 3.63) is 0 Å². The molecule has 4 aliphatic rings. The number of nitrogens with zero attached hydrogens (tertiary/aromatic N) is 1. The standard InChI is InChI=1S/C18H32N2/c1-17(15-9-10-15)14-20(16-7-3-2-4-8-16)18(13-19-17)11-5-6-12-18/h15-16,19H,2-14H2,1H3. The Kier molecular flexibility index (Phi) is 3.38. The second-order valence-corrected chi connectivity index (χ2v) is 8.40. The summed E-state index contributed by atoms with van der Waals surface area (Å²) in [6, 6.07) is 0.905. The highest BCUT2D eigenvalue weighted by Gasteiger charge is 2.53. The molecule has 0 radical (unpaired) electrons. The maximum Gasteiger partial charge on any atom is 0.0337 e. The lowest BCUT2D eigenvalue weighted by atomic mass is 9.80. The molecule has 1 atom stereocenters. The molecule has 114 valence electrons. The van der Waals surface area contributed by atoms with E-state index in [1.165, 1.54) is 83.7 Å². The van der Waals surface area contributed by atoms with Gasteiger partial charge in [-0.25, -0.2) is 0 Å². The van der Waals surface area contributed by atoms with Crippen LogP contribution in [0.3, 0.4) is 0 Å². The molecular weight excluding hydrogens is 244 g/mol. The Morgan fingerprint density at radius 1 is 0.900 bits per heavy atom. The molecule has 3 aliphatic carbocycles. The Labute approximate surface area is 124 Å². The number of hydrogen-bond donors (Lipinski definition) is 1. The zero-order chi connectivity index (χ0) is 13.6. The van der Waals surface area contributed by atoms with Gasteiger partial charge in [0.05, 0.1) is 0 Å². The summed E-state index contributed by atoms with van der Waals surface area (Å²) in [7, 11) is 0. The van der Waals surface area contributed by atoms with Crippen LogP contribution in [0.5, 0.6) is 0 Å². The first-order valence-corrected chi connectivity index (χ1v) is 9.24. The van der Waals surface area contributed by atoms with Gasteiger partial charge in [0, 0.05) is 30.2 Å². The Balaban J connectivity index is 1.57. The van der Waals surface area contributed by atoms with Gasteiger partial charge in [-0.1, -0.05) is 32.1 Å². The molecule has 1 unspecified atom stereocenters. The van der Waals surface area contributed by atoms with Crippen LogP contribution in [0.4, 0.5) is 0 Å². The SMILES string of the molecule is CC1(C2CC2)CN(C2CCCCC2)C2(CCCC2)CN1. The second-order valence-electron chi connectivity index (χ2n) is 8.40. The first-order valence-electron chi connectivity index (χ1n) is 9.24. The molecule has 0 aromatic rings. The minimum absolute atomic E-state index is 0.422. The van der Waals surface area contributed by atoms with Crippen LogP contribution < -0.4 is 5.32 Å². The van der Waals surface area contributed by atoms with Gasteiger partial charge in [-0.2, -0.15) is 0 Å². The summed E-state index contributed by atoms with van der Waals surface area (Å²) in [6.45, 7) is 5.13. The molecule has 2 nitrogen and oxygen atoms in total. The van der Waals surface area contributed by atoms with Crippen LogP contribution in [-0.4, -0.2) is 35.1 Å². The molecule has 0 bridgehead atoms. The molecular formula is C18H32N2. The van der Waals surface area contributed by atoms with Crippen molar-refractivity contribution in [1.82, 2.24) is 10.2 Å². The molecule has 20 heavy (non-hydrogen) atoms. The third kappa shape index (κ3) is 2.23. The van der Waals surface area contributed by atoms with Crippen molar-refractivity contribution in [1.29, 1.82) is 0 Å². The van der Waals surface area contributed by atoms with E-state index in [2.05, 4.69) is 17.1 Å². The summed E-state index contributed by atoms with van der Waals surface area (Å²) in [5.74, 6) is 0.965.